The highest BCUT2D eigenvalue weighted by molar-refractivity contribution is 7.16. The second-order valence-electron chi connectivity index (χ2n) is 5.97. The summed E-state index contributed by atoms with van der Waals surface area (Å²) in [6.07, 6.45) is 6.20. The zero-order valence-corrected chi connectivity index (χ0v) is 14.6. The first-order valence-corrected chi connectivity index (χ1v) is 9.03. The molecule has 0 spiro atoms. The molecule has 1 heterocycles. The lowest BCUT2D eigenvalue weighted by atomic mass is 10.0. The Morgan fingerprint density at radius 1 is 1.32 bits per heavy atom. The third kappa shape index (κ3) is 3.93. The molecule has 0 saturated carbocycles. The second kappa shape index (κ2) is 7.57. The van der Waals surface area contributed by atoms with Crippen molar-refractivity contribution in [2.45, 2.75) is 32.1 Å². The molecule has 1 aromatic heterocycles. The molecule has 0 aliphatic heterocycles. The average Bonchev–Trinajstić information content (AvgIpc) is 3.03. The van der Waals surface area contributed by atoms with Crippen molar-refractivity contribution in [1.82, 2.24) is 4.98 Å². The number of benzene rings is 1. The fraction of sp³-hybridized carbons (Fsp3) is 0.333. The SMILES string of the molecule is C=CCN(C(=O)Cc1ccc([N+](=O)[O-])cc1)c1nc2c(s1)CCCC2. The van der Waals surface area contributed by atoms with Crippen molar-refractivity contribution < 1.29 is 9.72 Å². The molecular weight excluding hydrogens is 338 g/mol. The molecule has 7 heteroatoms. The number of nitro benzene ring substituents is 1. The number of fused-ring (bicyclic) bond motifs is 1. The monoisotopic (exact) mass is 357 g/mol. The summed E-state index contributed by atoms with van der Waals surface area (Å²) in [5.74, 6) is -0.0835. The molecule has 1 amide bonds. The Bertz CT molecular complexity index is 775. The van der Waals surface area contributed by atoms with Gasteiger partial charge in [0.05, 0.1) is 17.0 Å². The van der Waals surface area contributed by atoms with Crippen LogP contribution in [0, 0.1) is 10.1 Å². The van der Waals surface area contributed by atoms with E-state index in [1.54, 1.807) is 34.4 Å². The van der Waals surface area contributed by atoms with Crippen molar-refractivity contribution in [1.29, 1.82) is 0 Å². The number of nitro groups is 1. The van der Waals surface area contributed by atoms with Crippen LogP contribution in [0.5, 0.6) is 0 Å². The molecule has 1 aromatic carbocycles. The number of carbonyl (C=O) groups is 1. The number of nitrogens with zero attached hydrogens (tertiary/aromatic N) is 3. The minimum atomic E-state index is -0.449. The number of aryl methyl sites for hydroxylation is 2. The van der Waals surface area contributed by atoms with Crippen LogP contribution in [0.4, 0.5) is 10.8 Å². The first kappa shape index (κ1) is 17.3. The van der Waals surface area contributed by atoms with E-state index < -0.39 is 4.92 Å². The fourth-order valence-corrected chi connectivity index (χ4v) is 4.05. The van der Waals surface area contributed by atoms with E-state index in [-0.39, 0.29) is 18.0 Å². The summed E-state index contributed by atoms with van der Waals surface area (Å²) in [4.78, 5) is 30.6. The highest BCUT2D eigenvalue weighted by Crippen LogP contribution is 2.32. The number of aromatic nitrogens is 1. The molecule has 2 aromatic rings. The molecule has 0 radical (unpaired) electrons. The zero-order valence-electron chi connectivity index (χ0n) is 13.8. The topological polar surface area (TPSA) is 76.3 Å². The fourth-order valence-electron chi connectivity index (χ4n) is 2.88. The van der Waals surface area contributed by atoms with Gasteiger partial charge in [-0.25, -0.2) is 4.98 Å². The predicted octanol–water partition coefficient (Wildman–Crippen LogP) is 3.69. The molecule has 0 saturated heterocycles. The van der Waals surface area contributed by atoms with Gasteiger partial charge in [0.2, 0.25) is 5.91 Å². The lowest BCUT2D eigenvalue weighted by Crippen LogP contribution is -2.32. The first-order chi connectivity index (χ1) is 12.1. The van der Waals surface area contributed by atoms with Gasteiger partial charge in [0.25, 0.3) is 5.69 Å². The molecule has 0 bridgehead atoms. The number of rotatable bonds is 6. The maximum absolute atomic E-state index is 12.7. The molecule has 25 heavy (non-hydrogen) atoms. The van der Waals surface area contributed by atoms with Crippen LogP contribution in [0.25, 0.3) is 0 Å². The molecule has 3 rings (SSSR count). The largest absolute Gasteiger partial charge is 0.284 e. The number of amides is 1. The maximum atomic E-state index is 12.7. The molecule has 0 unspecified atom stereocenters. The summed E-state index contributed by atoms with van der Waals surface area (Å²) in [7, 11) is 0. The van der Waals surface area contributed by atoms with Crippen LogP contribution in [-0.2, 0) is 24.1 Å². The van der Waals surface area contributed by atoms with Crippen molar-refractivity contribution in [2.75, 3.05) is 11.4 Å². The molecule has 6 nitrogen and oxygen atoms in total. The van der Waals surface area contributed by atoms with Crippen LogP contribution in [0.1, 0.15) is 29.0 Å². The highest BCUT2D eigenvalue weighted by Gasteiger charge is 2.22. The lowest BCUT2D eigenvalue weighted by Gasteiger charge is -2.18. The van der Waals surface area contributed by atoms with Gasteiger partial charge in [-0.05, 0) is 31.2 Å². The van der Waals surface area contributed by atoms with Crippen molar-refractivity contribution >= 4 is 28.1 Å². The van der Waals surface area contributed by atoms with Crippen LogP contribution in [0.3, 0.4) is 0 Å². The Balaban J connectivity index is 1.77. The third-order valence-electron chi connectivity index (χ3n) is 4.18. The Kier molecular flexibility index (Phi) is 5.23. The molecule has 1 aliphatic rings. The van der Waals surface area contributed by atoms with E-state index in [1.165, 1.54) is 23.4 Å². The van der Waals surface area contributed by atoms with E-state index in [4.69, 9.17) is 0 Å². The highest BCUT2D eigenvalue weighted by atomic mass is 32.1. The Hall–Kier alpha value is -2.54. The van der Waals surface area contributed by atoms with Crippen molar-refractivity contribution in [3.63, 3.8) is 0 Å². The minimum Gasteiger partial charge on any atom is -0.284 e. The smallest absolute Gasteiger partial charge is 0.269 e. The van der Waals surface area contributed by atoms with E-state index in [0.717, 1.165) is 35.7 Å². The number of hydrogen-bond acceptors (Lipinski definition) is 5. The van der Waals surface area contributed by atoms with Crippen LogP contribution in [0.15, 0.2) is 36.9 Å². The van der Waals surface area contributed by atoms with E-state index in [1.807, 2.05) is 0 Å². The van der Waals surface area contributed by atoms with Crippen LogP contribution in [0.2, 0.25) is 0 Å². The Morgan fingerprint density at radius 3 is 2.68 bits per heavy atom. The summed E-state index contributed by atoms with van der Waals surface area (Å²) in [6.45, 7) is 4.14. The molecule has 1 aliphatic carbocycles. The second-order valence-corrected chi connectivity index (χ2v) is 7.03. The van der Waals surface area contributed by atoms with Gasteiger partial charge in [-0.1, -0.05) is 18.2 Å². The summed E-state index contributed by atoms with van der Waals surface area (Å²) in [5, 5.41) is 11.4. The van der Waals surface area contributed by atoms with Gasteiger partial charge in [0, 0.05) is 23.6 Å². The third-order valence-corrected chi connectivity index (χ3v) is 5.36. The Labute approximate surface area is 150 Å². The van der Waals surface area contributed by atoms with E-state index in [0.29, 0.717) is 6.54 Å². The summed E-state index contributed by atoms with van der Waals surface area (Å²) in [5.41, 5.74) is 1.88. The van der Waals surface area contributed by atoms with Gasteiger partial charge in [-0.3, -0.25) is 19.8 Å². The molecular formula is C18H19N3O3S. The first-order valence-electron chi connectivity index (χ1n) is 8.21. The predicted molar refractivity (Wildman–Crippen MR) is 98.1 cm³/mol. The molecule has 130 valence electrons. The van der Waals surface area contributed by atoms with Crippen LogP contribution in [-0.4, -0.2) is 22.4 Å². The van der Waals surface area contributed by atoms with Crippen LogP contribution >= 0.6 is 11.3 Å². The number of thiazole rings is 1. The normalized spacial score (nSPS) is 13.1. The molecule has 0 atom stereocenters. The quantitative estimate of drug-likeness (QED) is 0.449. The summed E-state index contributed by atoms with van der Waals surface area (Å²) in [6, 6.07) is 6.08. The minimum absolute atomic E-state index is 0.0201. The number of non-ortho nitro benzene ring substituents is 1. The van der Waals surface area contributed by atoms with E-state index in [9.17, 15) is 14.9 Å². The standard InChI is InChI=1S/C18H19N3O3S/c1-2-11-20(18-19-15-5-3-4-6-16(15)25-18)17(22)12-13-7-9-14(10-8-13)21(23)24/h2,7-10H,1,3-6,11-12H2. The number of anilines is 1. The number of carbonyl (C=O) groups excluding carboxylic acids is 1. The van der Waals surface area contributed by atoms with Gasteiger partial charge >= 0.3 is 0 Å². The molecule has 0 N–H and O–H groups in total. The van der Waals surface area contributed by atoms with Gasteiger partial charge in [0.1, 0.15) is 0 Å². The molecule has 0 fully saturated rings. The lowest BCUT2D eigenvalue weighted by molar-refractivity contribution is -0.384. The van der Waals surface area contributed by atoms with Crippen molar-refractivity contribution in [3.8, 4) is 0 Å². The van der Waals surface area contributed by atoms with Crippen LogP contribution < -0.4 is 4.90 Å². The number of hydrogen-bond donors (Lipinski definition) is 0. The van der Waals surface area contributed by atoms with E-state index in [2.05, 4.69) is 11.6 Å². The maximum Gasteiger partial charge on any atom is 0.269 e. The van der Waals surface area contributed by atoms with Gasteiger partial charge in [0.15, 0.2) is 5.13 Å². The Morgan fingerprint density at radius 2 is 2.04 bits per heavy atom. The van der Waals surface area contributed by atoms with Gasteiger partial charge in [-0.15, -0.1) is 17.9 Å². The van der Waals surface area contributed by atoms with Gasteiger partial charge < -0.3 is 0 Å². The average molecular weight is 357 g/mol. The summed E-state index contributed by atoms with van der Waals surface area (Å²) < 4.78 is 0. The van der Waals surface area contributed by atoms with Crippen molar-refractivity contribution in [3.05, 3.63) is 63.2 Å². The van der Waals surface area contributed by atoms with Gasteiger partial charge in [-0.2, -0.15) is 0 Å². The zero-order chi connectivity index (χ0) is 17.8. The van der Waals surface area contributed by atoms with Crippen molar-refractivity contribution in [2.24, 2.45) is 0 Å². The summed E-state index contributed by atoms with van der Waals surface area (Å²) >= 11 is 1.59. The van der Waals surface area contributed by atoms with E-state index >= 15 is 0 Å².